The van der Waals surface area contributed by atoms with Crippen LogP contribution in [0.1, 0.15) is 35.0 Å². The molecule has 0 bridgehead atoms. The summed E-state index contributed by atoms with van der Waals surface area (Å²) in [6.45, 7) is 7.75. The van der Waals surface area contributed by atoms with Gasteiger partial charge in [0, 0.05) is 42.8 Å². The summed E-state index contributed by atoms with van der Waals surface area (Å²) in [6, 6.07) is 5.12. The van der Waals surface area contributed by atoms with Crippen LogP contribution in [0.3, 0.4) is 0 Å². The standard InChI is InChI=1S/C25H34F2N6O2/c1-4-32(11-10-31(2)3)9-5-8-28-14-19-17-33(16-18-6-7-20(26)12-22(18)27)24-15-29-23(13-21(19)24)25(34)30-35/h6-7,12-13,15,17,28,35H,4-5,8-11,14,16H2,1-3H3,(H,30,34). The second-order valence-corrected chi connectivity index (χ2v) is 8.81. The van der Waals surface area contributed by atoms with Gasteiger partial charge in [0.05, 0.1) is 18.3 Å². The number of pyridine rings is 1. The Morgan fingerprint density at radius 1 is 1.14 bits per heavy atom. The van der Waals surface area contributed by atoms with Gasteiger partial charge in [-0.1, -0.05) is 13.0 Å². The second kappa shape index (κ2) is 12.7. The van der Waals surface area contributed by atoms with Gasteiger partial charge in [0.25, 0.3) is 5.91 Å². The molecule has 2 heterocycles. The first-order valence-electron chi connectivity index (χ1n) is 11.8. The smallest absolute Gasteiger partial charge is 0.293 e. The van der Waals surface area contributed by atoms with Crippen molar-refractivity contribution in [2.24, 2.45) is 0 Å². The number of likely N-dealkylation sites (N-methyl/N-ethyl adjacent to an activating group) is 2. The number of nitrogens with one attached hydrogen (secondary N) is 2. The van der Waals surface area contributed by atoms with E-state index in [0.717, 1.165) is 56.2 Å². The van der Waals surface area contributed by atoms with E-state index in [0.29, 0.717) is 17.6 Å². The van der Waals surface area contributed by atoms with Gasteiger partial charge in [-0.15, -0.1) is 0 Å². The average Bonchev–Trinajstić information content (AvgIpc) is 3.18. The van der Waals surface area contributed by atoms with E-state index in [9.17, 15) is 13.6 Å². The minimum absolute atomic E-state index is 0.0754. The van der Waals surface area contributed by atoms with Crippen molar-refractivity contribution < 1.29 is 18.8 Å². The number of hydroxylamine groups is 1. The van der Waals surface area contributed by atoms with Crippen molar-refractivity contribution in [2.75, 3.05) is 46.8 Å². The molecule has 0 spiro atoms. The lowest BCUT2D eigenvalue weighted by Crippen LogP contribution is -2.33. The zero-order valence-corrected chi connectivity index (χ0v) is 20.5. The molecule has 0 saturated heterocycles. The van der Waals surface area contributed by atoms with Crippen molar-refractivity contribution in [1.29, 1.82) is 0 Å². The molecule has 3 aromatic rings. The van der Waals surface area contributed by atoms with Crippen molar-refractivity contribution in [3.05, 3.63) is 65.1 Å². The van der Waals surface area contributed by atoms with E-state index in [1.807, 2.05) is 10.8 Å². The Morgan fingerprint density at radius 3 is 2.63 bits per heavy atom. The lowest BCUT2D eigenvalue weighted by molar-refractivity contribution is 0.0701. The summed E-state index contributed by atoms with van der Waals surface area (Å²) in [5, 5.41) is 13.2. The number of nitrogens with zero attached hydrogens (tertiary/aromatic N) is 4. The highest BCUT2D eigenvalue weighted by Gasteiger charge is 2.15. The first-order valence-corrected chi connectivity index (χ1v) is 11.8. The second-order valence-electron chi connectivity index (χ2n) is 8.81. The maximum atomic E-state index is 14.3. The van der Waals surface area contributed by atoms with Crippen LogP contribution in [0.25, 0.3) is 10.9 Å². The van der Waals surface area contributed by atoms with Gasteiger partial charge in [0.1, 0.15) is 17.3 Å². The number of benzene rings is 1. The fourth-order valence-electron chi connectivity index (χ4n) is 3.97. The minimum atomic E-state index is -0.708. The van der Waals surface area contributed by atoms with Gasteiger partial charge in [-0.05, 0) is 57.8 Å². The van der Waals surface area contributed by atoms with Crippen LogP contribution in [0, 0.1) is 11.6 Å². The Balaban J connectivity index is 1.73. The fraction of sp³-hybridized carbons (Fsp3) is 0.440. The summed E-state index contributed by atoms with van der Waals surface area (Å²) in [7, 11) is 4.14. The van der Waals surface area contributed by atoms with Crippen molar-refractivity contribution in [3.8, 4) is 0 Å². The van der Waals surface area contributed by atoms with E-state index in [2.05, 4.69) is 41.1 Å². The van der Waals surface area contributed by atoms with Crippen LogP contribution in [0.4, 0.5) is 8.78 Å². The molecule has 1 amide bonds. The van der Waals surface area contributed by atoms with Crippen molar-refractivity contribution >= 4 is 16.8 Å². The lowest BCUT2D eigenvalue weighted by atomic mass is 10.1. The third-order valence-corrected chi connectivity index (χ3v) is 5.99. The molecule has 35 heavy (non-hydrogen) atoms. The average molecular weight is 489 g/mol. The molecule has 0 atom stereocenters. The summed E-state index contributed by atoms with van der Waals surface area (Å²) < 4.78 is 29.4. The molecule has 0 aliphatic rings. The maximum Gasteiger partial charge on any atom is 0.293 e. The monoisotopic (exact) mass is 488 g/mol. The van der Waals surface area contributed by atoms with E-state index in [1.165, 1.54) is 18.3 Å². The molecule has 0 saturated carbocycles. The van der Waals surface area contributed by atoms with Crippen LogP contribution in [-0.2, 0) is 13.1 Å². The number of halogens is 2. The van der Waals surface area contributed by atoms with E-state index in [1.54, 1.807) is 11.5 Å². The number of aromatic nitrogens is 2. The van der Waals surface area contributed by atoms with E-state index in [4.69, 9.17) is 5.21 Å². The molecule has 8 nitrogen and oxygen atoms in total. The molecule has 0 radical (unpaired) electrons. The molecule has 0 unspecified atom stereocenters. The largest absolute Gasteiger partial charge is 0.341 e. The van der Waals surface area contributed by atoms with E-state index >= 15 is 0 Å². The molecule has 0 fully saturated rings. The quantitative estimate of drug-likeness (QED) is 0.195. The van der Waals surface area contributed by atoms with Gasteiger partial charge < -0.3 is 19.7 Å². The Kier molecular flexibility index (Phi) is 9.67. The highest BCUT2D eigenvalue weighted by atomic mass is 19.1. The van der Waals surface area contributed by atoms with Crippen LogP contribution in [0.2, 0.25) is 0 Å². The Hall–Kier alpha value is -2.92. The number of carbonyl (C=O) groups is 1. The Labute approximate surface area is 204 Å². The fourth-order valence-corrected chi connectivity index (χ4v) is 3.97. The van der Waals surface area contributed by atoms with Crippen LogP contribution in [0.5, 0.6) is 0 Å². The zero-order valence-electron chi connectivity index (χ0n) is 20.5. The number of fused-ring (bicyclic) bond motifs is 1. The minimum Gasteiger partial charge on any atom is -0.341 e. The third kappa shape index (κ3) is 7.28. The molecule has 0 aliphatic heterocycles. The summed E-state index contributed by atoms with van der Waals surface area (Å²) >= 11 is 0. The molecule has 3 rings (SSSR count). The SMILES string of the molecule is CCN(CCCNCc1cn(Cc2ccc(F)cc2F)c2cnc(C(=O)NO)cc12)CCN(C)C. The first-order chi connectivity index (χ1) is 16.8. The van der Waals surface area contributed by atoms with Crippen molar-refractivity contribution in [2.45, 2.75) is 26.4 Å². The topological polar surface area (TPSA) is 85.7 Å². The van der Waals surface area contributed by atoms with Crippen LogP contribution in [0.15, 0.2) is 36.7 Å². The van der Waals surface area contributed by atoms with Gasteiger partial charge in [0.2, 0.25) is 0 Å². The molecular formula is C25H34F2N6O2. The predicted octanol–water partition coefficient (Wildman–Crippen LogP) is 2.85. The van der Waals surface area contributed by atoms with Gasteiger partial charge in [-0.2, -0.15) is 0 Å². The normalized spacial score (nSPS) is 11.7. The molecular weight excluding hydrogens is 454 g/mol. The molecule has 3 N–H and O–H groups in total. The van der Waals surface area contributed by atoms with Crippen molar-refractivity contribution in [1.82, 2.24) is 30.1 Å². The Bertz CT molecular complexity index is 1130. The van der Waals surface area contributed by atoms with Crippen LogP contribution < -0.4 is 10.8 Å². The molecule has 190 valence electrons. The number of hydrogen-bond donors (Lipinski definition) is 3. The van der Waals surface area contributed by atoms with Gasteiger partial charge >= 0.3 is 0 Å². The van der Waals surface area contributed by atoms with Gasteiger partial charge in [-0.25, -0.2) is 19.2 Å². The predicted molar refractivity (Wildman–Crippen MR) is 131 cm³/mol. The molecule has 0 aliphatic carbocycles. The number of hydrogen-bond acceptors (Lipinski definition) is 6. The molecule has 1 aromatic carbocycles. The number of rotatable bonds is 13. The summed E-state index contributed by atoms with van der Waals surface area (Å²) in [6.07, 6.45) is 4.40. The zero-order chi connectivity index (χ0) is 25.4. The first kappa shape index (κ1) is 26.7. The summed E-state index contributed by atoms with van der Waals surface area (Å²) in [5.74, 6) is -1.95. The van der Waals surface area contributed by atoms with Crippen LogP contribution in [-0.4, -0.2) is 77.3 Å². The lowest BCUT2D eigenvalue weighted by Gasteiger charge is -2.22. The van der Waals surface area contributed by atoms with E-state index in [-0.39, 0.29) is 12.2 Å². The Morgan fingerprint density at radius 2 is 1.94 bits per heavy atom. The van der Waals surface area contributed by atoms with Gasteiger partial charge in [-0.3, -0.25) is 10.0 Å². The molecule has 10 heteroatoms. The third-order valence-electron chi connectivity index (χ3n) is 5.99. The van der Waals surface area contributed by atoms with Gasteiger partial charge in [0.15, 0.2) is 0 Å². The highest BCUT2D eigenvalue weighted by Crippen LogP contribution is 2.24. The molecule has 2 aromatic heterocycles. The van der Waals surface area contributed by atoms with E-state index < -0.39 is 17.5 Å². The maximum absolute atomic E-state index is 14.3. The summed E-state index contributed by atoms with van der Waals surface area (Å²) in [5.41, 5.74) is 3.64. The van der Waals surface area contributed by atoms with Crippen LogP contribution >= 0.6 is 0 Å². The van der Waals surface area contributed by atoms with Crippen molar-refractivity contribution in [3.63, 3.8) is 0 Å². The number of carbonyl (C=O) groups excluding carboxylic acids is 1. The number of amides is 1. The highest BCUT2D eigenvalue weighted by molar-refractivity contribution is 5.96. The summed E-state index contributed by atoms with van der Waals surface area (Å²) in [4.78, 5) is 20.6.